The molecule has 0 spiro atoms. The molecule has 0 saturated carbocycles. The van der Waals surface area contributed by atoms with Gasteiger partial charge in [0.2, 0.25) is 0 Å². The van der Waals surface area contributed by atoms with Crippen molar-refractivity contribution in [3.8, 4) is 44.5 Å². The highest BCUT2D eigenvalue weighted by atomic mass is 14.4. The second kappa shape index (κ2) is 10.5. The third kappa shape index (κ3) is 4.17. The van der Waals surface area contributed by atoms with Crippen molar-refractivity contribution in [2.24, 2.45) is 0 Å². The number of hydrogen-bond acceptors (Lipinski definition) is 0. The molecule has 0 nitrogen and oxygen atoms in total. The molecule has 9 aromatic carbocycles. The zero-order valence-electron chi connectivity index (χ0n) is 36.0. The van der Waals surface area contributed by atoms with Crippen molar-refractivity contribution in [2.45, 2.75) is 19.3 Å². The van der Waals surface area contributed by atoms with Crippen molar-refractivity contribution >= 4 is 43.1 Å². The highest BCUT2D eigenvalue weighted by Crippen LogP contribution is 2.51. The summed E-state index contributed by atoms with van der Waals surface area (Å²) in [5.74, 6) is 0. The number of hydrogen-bond donors (Lipinski definition) is 0. The van der Waals surface area contributed by atoms with E-state index in [1.165, 1.54) is 5.56 Å². The maximum Gasteiger partial charge on any atom is 0.0629 e. The maximum atomic E-state index is 9.68. The van der Waals surface area contributed by atoms with Crippen LogP contribution in [0.4, 0.5) is 0 Å². The summed E-state index contributed by atoms with van der Waals surface area (Å²) in [6.45, 7) is 4.37. The van der Waals surface area contributed by atoms with Crippen LogP contribution >= 0.6 is 0 Å². The Morgan fingerprint density at radius 1 is 0.408 bits per heavy atom. The Hall–Kier alpha value is -5.98. The van der Waals surface area contributed by atoms with Gasteiger partial charge in [-0.2, -0.15) is 0 Å². The quantitative estimate of drug-likeness (QED) is 0.134. The summed E-state index contributed by atoms with van der Waals surface area (Å²) in [4.78, 5) is 0. The lowest BCUT2D eigenvalue weighted by molar-refractivity contribution is 0.661. The Balaban J connectivity index is 1.26. The molecule has 1 aliphatic carbocycles. The minimum atomic E-state index is -0.483. The first-order chi connectivity index (χ1) is 27.8. The molecule has 9 aromatic rings. The minimum absolute atomic E-state index is 0.0544. The summed E-state index contributed by atoms with van der Waals surface area (Å²) in [6.07, 6.45) is 0. The van der Waals surface area contributed by atoms with Crippen molar-refractivity contribution < 1.29 is 12.3 Å². The Morgan fingerprint density at radius 3 is 1.76 bits per heavy atom. The highest BCUT2D eigenvalue weighted by Gasteiger charge is 2.36. The lowest BCUT2D eigenvalue weighted by atomic mass is 9.81. The third-order valence-corrected chi connectivity index (χ3v) is 10.4. The van der Waals surface area contributed by atoms with Crippen molar-refractivity contribution in [1.29, 1.82) is 0 Å². The van der Waals surface area contributed by atoms with Gasteiger partial charge in [0, 0.05) is 5.41 Å². The van der Waals surface area contributed by atoms with Crippen molar-refractivity contribution in [2.75, 3.05) is 0 Å². The summed E-state index contributed by atoms with van der Waals surface area (Å²) < 4.78 is 81.8. The zero-order valence-corrected chi connectivity index (χ0v) is 27.0. The third-order valence-electron chi connectivity index (χ3n) is 10.4. The molecule has 230 valence electrons. The highest BCUT2D eigenvalue weighted by molar-refractivity contribution is 6.27. The molecular weight excluding hydrogens is 589 g/mol. The van der Waals surface area contributed by atoms with E-state index in [1.807, 2.05) is 91.0 Å². The standard InChI is InChI=1S/C49H34/c1-49(2)44-30-37(25-26-39(44)43-28-35-15-6-7-16-36(35)29-45(43)49)31-20-22-34(23-21-31)47-41-19-11-10-18-40(41)46(33-13-4-3-5-14-33)42-27-24-32-12-8-9-17-38(32)48(42)47/h3-30H,1-2H3/i3D,4D,5D,13D,14D,20D,21D,22D,23D. The van der Waals surface area contributed by atoms with Crippen LogP contribution in [0.5, 0.6) is 0 Å². The van der Waals surface area contributed by atoms with E-state index in [0.717, 1.165) is 38.2 Å². The van der Waals surface area contributed by atoms with Gasteiger partial charge in [-0.1, -0.05) is 165 Å². The second-order valence-electron chi connectivity index (χ2n) is 13.4. The van der Waals surface area contributed by atoms with Gasteiger partial charge < -0.3 is 0 Å². The predicted molar refractivity (Wildman–Crippen MR) is 210 cm³/mol. The molecule has 0 unspecified atom stereocenters. The van der Waals surface area contributed by atoms with Gasteiger partial charge in [-0.3, -0.25) is 0 Å². The van der Waals surface area contributed by atoms with Crippen LogP contribution in [0, 0.1) is 0 Å². The summed E-state index contributed by atoms with van der Waals surface area (Å²) in [5.41, 5.74) is 6.06. The summed E-state index contributed by atoms with van der Waals surface area (Å²) in [5, 5.41) is 6.25. The first-order valence-corrected chi connectivity index (χ1v) is 16.5. The molecule has 0 amide bonds. The average molecular weight is 632 g/mol. The number of benzene rings is 9. The topological polar surface area (TPSA) is 0 Å². The van der Waals surface area contributed by atoms with Gasteiger partial charge in [-0.15, -0.1) is 0 Å². The van der Waals surface area contributed by atoms with Gasteiger partial charge in [-0.25, -0.2) is 0 Å². The molecule has 0 saturated heterocycles. The molecule has 10 rings (SSSR count). The molecule has 49 heavy (non-hydrogen) atoms. The van der Waals surface area contributed by atoms with Crippen LogP contribution in [0.3, 0.4) is 0 Å². The zero-order chi connectivity index (χ0) is 40.5. The molecule has 0 aromatic heterocycles. The van der Waals surface area contributed by atoms with Crippen LogP contribution < -0.4 is 0 Å². The lowest BCUT2D eigenvalue weighted by Crippen LogP contribution is -2.15. The van der Waals surface area contributed by atoms with Crippen LogP contribution in [-0.2, 0) is 5.41 Å². The molecule has 0 N–H and O–H groups in total. The van der Waals surface area contributed by atoms with E-state index in [1.54, 1.807) is 0 Å². The second-order valence-corrected chi connectivity index (χ2v) is 13.4. The fraction of sp³-hybridized carbons (Fsp3) is 0.0612. The molecule has 0 radical (unpaired) electrons. The first kappa shape index (κ1) is 20.4. The van der Waals surface area contributed by atoms with Crippen LogP contribution in [0.1, 0.15) is 37.3 Å². The molecule has 0 heterocycles. The summed E-state index contributed by atoms with van der Waals surface area (Å²) in [7, 11) is 0. The molecule has 0 bridgehead atoms. The normalized spacial score (nSPS) is 15.8. The molecule has 1 aliphatic rings. The monoisotopic (exact) mass is 631 g/mol. The summed E-state index contributed by atoms with van der Waals surface area (Å²) in [6, 6.07) is 34.7. The van der Waals surface area contributed by atoms with E-state index < -0.39 is 18.1 Å². The predicted octanol–water partition coefficient (Wildman–Crippen LogP) is 13.6. The van der Waals surface area contributed by atoms with Crippen molar-refractivity contribution in [3.63, 3.8) is 0 Å². The van der Waals surface area contributed by atoms with Gasteiger partial charge in [0.15, 0.2) is 0 Å². The van der Waals surface area contributed by atoms with E-state index in [-0.39, 0.29) is 58.4 Å². The van der Waals surface area contributed by atoms with Gasteiger partial charge in [0.25, 0.3) is 0 Å². The number of fused-ring (bicyclic) bond motifs is 8. The Labute approximate surface area is 299 Å². The van der Waals surface area contributed by atoms with E-state index >= 15 is 0 Å². The van der Waals surface area contributed by atoms with E-state index in [4.69, 9.17) is 6.85 Å². The van der Waals surface area contributed by atoms with Gasteiger partial charge in [0.05, 0.1) is 12.3 Å². The smallest absolute Gasteiger partial charge is 0.0622 e. The molecule has 0 aliphatic heterocycles. The fourth-order valence-corrected chi connectivity index (χ4v) is 8.01. The lowest BCUT2D eigenvalue weighted by Gasteiger charge is -2.22. The van der Waals surface area contributed by atoms with Crippen LogP contribution in [0.25, 0.3) is 87.6 Å². The van der Waals surface area contributed by atoms with E-state index in [2.05, 4.69) is 38.1 Å². The van der Waals surface area contributed by atoms with Gasteiger partial charge in [-0.05, 0) is 117 Å². The van der Waals surface area contributed by atoms with E-state index in [0.29, 0.717) is 38.2 Å². The Morgan fingerprint density at radius 2 is 1.00 bits per heavy atom. The van der Waals surface area contributed by atoms with Gasteiger partial charge in [0.1, 0.15) is 0 Å². The Kier molecular flexibility index (Phi) is 4.38. The van der Waals surface area contributed by atoms with Crippen molar-refractivity contribution in [3.05, 3.63) is 181 Å². The summed E-state index contributed by atoms with van der Waals surface area (Å²) >= 11 is 0. The van der Waals surface area contributed by atoms with Crippen LogP contribution in [-0.4, -0.2) is 0 Å². The van der Waals surface area contributed by atoms with Crippen molar-refractivity contribution in [1.82, 2.24) is 0 Å². The average Bonchev–Trinajstić information content (AvgIpc) is 3.45. The largest absolute Gasteiger partial charge is 0.0629 e. The van der Waals surface area contributed by atoms with Crippen LogP contribution in [0.15, 0.2) is 170 Å². The molecule has 0 atom stereocenters. The molecule has 0 heteroatoms. The van der Waals surface area contributed by atoms with Crippen LogP contribution in [0.2, 0.25) is 0 Å². The first-order valence-electron chi connectivity index (χ1n) is 21.0. The van der Waals surface area contributed by atoms with E-state index in [9.17, 15) is 5.48 Å². The molecular formula is C49H34. The fourth-order valence-electron chi connectivity index (χ4n) is 8.01. The minimum Gasteiger partial charge on any atom is -0.0622 e. The number of rotatable bonds is 3. The maximum absolute atomic E-state index is 9.68. The SMILES string of the molecule is [2H]c1c([2H])c([2H])c(-c2c3ccccc3c(-c3c([2H])c([2H])c(-c4ccc5c(c4)C(C)(C)c4cc6ccccc6cc4-5)c([2H])c3[2H])c3c2ccc2ccccc23)c([2H])c1[2H]. The molecule has 0 fully saturated rings. The Bertz CT molecular complexity index is 3250. The van der Waals surface area contributed by atoms with Gasteiger partial charge >= 0.3 is 0 Å².